The molecule has 0 aliphatic rings. The van der Waals surface area contributed by atoms with Gasteiger partial charge in [0.05, 0.1) is 0 Å². The molecule has 122 valence electrons. The lowest BCUT2D eigenvalue weighted by molar-refractivity contribution is 0.465. The first-order valence-electron chi connectivity index (χ1n) is 7.14. The number of phenols is 1. The van der Waals surface area contributed by atoms with Gasteiger partial charge in [-0.15, -0.1) is 0 Å². The van der Waals surface area contributed by atoms with Gasteiger partial charge in [0.2, 0.25) is 0 Å². The van der Waals surface area contributed by atoms with Crippen LogP contribution >= 0.6 is 10.7 Å². The van der Waals surface area contributed by atoms with E-state index >= 15 is 0 Å². The monoisotopic (exact) mass is 336 g/mol. The number of benzene rings is 1. The molecule has 0 spiro atoms. The fraction of sp³-hybridized carbons (Fsp3) is 0.600. The van der Waals surface area contributed by atoms with Gasteiger partial charge in [-0.05, 0) is 30.4 Å². The van der Waals surface area contributed by atoms with Crippen molar-refractivity contribution in [2.75, 3.05) is 0 Å². The predicted octanol–water partition coefficient (Wildman–Crippen LogP) is 4.57. The van der Waals surface area contributed by atoms with Gasteiger partial charge in [-0.2, -0.15) is 8.42 Å². The number of phenolic OH excluding ortho intramolecular Hbond substituents is 1. The number of aromatic hydroxyl groups is 1. The van der Waals surface area contributed by atoms with Crippen LogP contribution in [0.2, 0.25) is 0 Å². The minimum absolute atomic E-state index is 0.449. The summed E-state index contributed by atoms with van der Waals surface area (Å²) < 4.78 is 25.2. The van der Waals surface area contributed by atoms with Crippen LogP contribution in [0.5, 0.6) is 5.75 Å². The summed E-state index contributed by atoms with van der Waals surface area (Å²) in [4.78, 5) is 0. The van der Waals surface area contributed by atoms with E-state index in [0.717, 1.165) is 17.9 Å². The Morgan fingerprint density at radius 3 is 2.14 bits per heavy atom. The molecule has 0 unspecified atom stereocenters. The summed E-state index contributed by atoms with van der Waals surface area (Å²) >= 11 is 0. The van der Waals surface area contributed by atoms with Gasteiger partial charge in [-0.1, -0.05) is 57.7 Å². The Balaban J connectivity index is 0.000000690. The molecular formula is C15H25ClO4S. The van der Waals surface area contributed by atoms with E-state index in [1.165, 1.54) is 32.1 Å². The van der Waals surface area contributed by atoms with E-state index in [9.17, 15) is 5.11 Å². The van der Waals surface area contributed by atoms with E-state index < -0.39 is 9.33 Å². The number of halogens is 1. The normalized spacial score (nSPS) is 11.1. The molecule has 0 aliphatic carbocycles. The maximum Gasteiger partial charge on any atom is 0.353 e. The lowest BCUT2D eigenvalue weighted by atomic mass is 10.0. The van der Waals surface area contributed by atoms with Crippen LogP contribution in [0, 0.1) is 5.92 Å². The zero-order valence-electron chi connectivity index (χ0n) is 12.6. The molecule has 21 heavy (non-hydrogen) atoms. The van der Waals surface area contributed by atoms with Crippen molar-refractivity contribution < 1.29 is 18.1 Å². The van der Waals surface area contributed by atoms with Gasteiger partial charge in [-0.25, -0.2) is 0 Å². The first kappa shape index (κ1) is 20.2. The van der Waals surface area contributed by atoms with Crippen molar-refractivity contribution >= 4 is 20.0 Å². The first-order valence-corrected chi connectivity index (χ1v) is 9.40. The van der Waals surface area contributed by atoms with Crippen LogP contribution in [0.3, 0.4) is 0 Å². The van der Waals surface area contributed by atoms with Crippen molar-refractivity contribution in [2.45, 2.75) is 52.4 Å². The van der Waals surface area contributed by atoms with Crippen LogP contribution < -0.4 is 0 Å². The third-order valence-electron chi connectivity index (χ3n) is 2.97. The highest BCUT2D eigenvalue weighted by atomic mass is 35.7. The van der Waals surface area contributed by atoms with Crippen molar-refractivity contribution in [3.63, 3.8) is 0 Å². The van der Waals surface area contributed by atoms with Crippen molar-refractivity contribution in [1.29, 1.82) is 0 Å². The van der Waals surface area contributed by atoms with Crippen LogP contribution in [-0.4, -0.2) is 18.1 Å². The topological polar surface area (TPSA) is 74.6 Å². The lowest BCUT2D eigenvalue weighted by Crippen LogP contribution is -1.89. The second-order valence-electron chi connectivity index (χ2n) is 5.39. The Kier molecular flexibility index (Phi) is 10.5. The van der Waals surface area contributed by atoms with Gasteiger partial charge in [0.15, 0.2) is 0 Å². The van der Waals surface area contributed by atoms with Crippen molar-refractivity contribution in [3.05, 3.63) is 29.8 Å². The predicted molar refractivity (Wildman–Crippen MR) is 87.1 cm³/mol. The quantitative estimate of drug-likeness (QED) is 0.434. The third kappa shape index (κ3) is 15.4. The molecule has 1 aromatic carbocycles. The van der Waals surface area contributed by atoms with E-state index in [2.05, 4.69) is 24.5 Å². The average molecular weight is 337 g/mol. The van der Waals surface area contributed by atoms with Gasteiger partial charge >= 0.3 is 9.33 Å². The highest BCUT2D eigenvalue weighted by molar-refractivity contribution is 8.09. The Labute approximate surface area is 132 Å². The maximum atomic E-state index is 9.59. The number of hydrogen-bond donors (Lipinski definition) is 2. The summed E-state index contributed by atoms with van der Waals surface area (Å²) in [5, 5.41) is 9.59. The Bertz CT molecular complexity index is 478. The second-order valence-corrected chi connectivity index (χ2v) is 7.38. The zero-order chi connectivity index (χ0) is 16.3. The van der Waals surface area contributed by atoms with Crippen LogP contribution in [0.1, 0.15) is 51.5 Å². The molecular weight excluding hydrogens is 312 g/mol. The molecule has 0 aliphatic heterocycles. The average Bonchev–Trinajstić information content (AvgIpc) is 2.33. The number of para-hydroxylation sites is 1. The molecule has 0 saturated heterocycles. The molecule has 1 rings (SSSR count). The van der Waals surface area contributed by atoms with E-state index in [4.69, 9.17) is 13.0 Å². The third-order valence-corrected chi connectivity index (χ3v) is 2.97. The van der Waals surface area contributed by atoms with E-state index in [1.54, 1.807) is 6.07 Å². The second kappa shape index (κ2) is 10.9. The van der Waals surface area contributed by atoms with E-state index in [0.29, 0.717) is 5.75 Å². The number of aryl methyl sites for hydroxylation is 1. The standard InChI is InChI=1S/C15H24O.ClHO3S/c1-13(2)9-5-3-4-6-10-14-11-7-8-12-15(14)16;1-5(2,3)4/h7-8,11-13,16H,3-6,9-10H2,1-2H3;(H,2,3,4). The Morgan fingerprint density at radius 1 is 1.10 bits per heavy atom. The molecule has 0 heterocycles. The van der Waals surface area contributed by atoms with Gasteiger partial charge in [0, 0.05) is 10.7 Å². The molecule has 6 heteroatoms. The molecule has 2 N–H and O–H groups in total. The van der Waals surface area contributed by atoms with Crippen LogP contribution in [0.15, 0.2) is 24.3 Å². The van der Waals surface area contributed by atoms with Crippen LogP contribution in [0.25, 0.3) is 0 Å². The molecule has 0 aromatic heterocycles. The van der Waals surface area contributed by atoms with Gasteiger partial charge in [0.1, 0.15) is 5.75 Å². The Morgan fingerprint density at radius 2 is 1.62 bits per heavy atom. The molecule has 0 bridgehead atoms. The molecule has 0 radical (unpaired) electrons. The molecule has 0 atom stereocenters. The minimum Gasteiger partial charge on any atom is -0.508 e. The fourth-order valence-corrected chi connectivity index (χ4v) is 1.94. The highest BCUT2D eigenvalue weighted by Gasteiger charge is 1.99. The number of unbranched alkanes of at least 4 members (excludes halogenated alkanes) is 3. The molecule has 0 amide bonds. The van der Waals surface area contributed by atoms with Gasteiger partial charge < -0.3 is 5.11 Å². The molecule has 0 fully saturated rings. The lowest BCUT2D eigenvalue weighted by Gasteiger charge is -2.05. The number of rotatable bonds is 7. The van der Waals surface area contributed by atoms with Gasteiger partial charge in [0.25, 0.3) is 0 Å². The summed E-state index contributed by atoms with van der Waals surface area (Å²) in [5.74, 6) is 1.28. The summed E-state index contributed by atoms with van der Waals surface area (Å²) in [6, 6.07) is 7.66. The van der Waals surface area contributed by atoms with Crippen molar-refractivity contribution in [2.24, 2.45) is 5.92 Å². The summed E-state index contributed by atoms with van der Waals surface area (Å²) in [7, 11) is -0.137. The minimum atomic E-state index is -4.19. The Hall–Kier alpha value is -0.780. The molecule has 0 saturated carbocycles. The zero-order valence-corrected chi connectivity index (χ0v) is 14.2. The van der Waals surface area contributed by atoms with E-state index in [1.807, 2.05) is 18.2 Å². The molecule has 1 aromatic rings. The van der Waals surface area contributed by atoms with Crippen LogP contribution in [0.4, 0.5) is 0 Å². The largest absolute Gasteiger partial charge is 0.508 e. The van der Waals surface area contributed by atoms with E-state index in [-0.39, 0.29) is 0 Å². The highest BCUT2D eigenvalue weighted by Crippen LogP contribution is 2.19. The summed E-state index contributed by atoms with van der Waals surface area (Å²) in [6.07, 6.45) is 7.49. The summed E-state index contributed by atoms with van der Waals surface area (Å²) in [5.41, 5.74) is 1.09. The fourth-order valence-electron chi connectivity index (χ4n) is 1.94. The first-order chi connectivity index (χ1) is 9.70. The SMILES string of the molecule is CC(C)CCCCCCc1ccccc1O.O=S(=O)(O)Cl. The van der Waals surface area contributed by atoms with Crippen LogP contribution in [-0.2, 0) is 15.8 Å². The van der Waals surface area contributed by atoms with Crippen molar-refractivity contribution in [1.82, 2.24) is 0 Å². The number of hydrogen-bond acceptors (Lipinski definition) is 3. The summed E-state index contributed by atoms with van der Waals surface area (Å²) in [6.45, 7) is 4.56. The van der Waals surface area contributed by atoms with Gasteiger partial charge in [-0.3, -0.25) is 4.55 Å². The molecule has 4 nitrogen and oxygen atoms in total. The van der Waals surface area contributed by atoms with Crippen molar-refractivity contribution in [3.8, 4) is 5.75 Å². The smallest absolute Gasteiger partial charge is 0.353 e. The maximum absolute atomic E-state index is 9.59.